The van der Waals surface area contributed by atoms with E-state index in [1.165, 1.54) is 5.01 Å². The summed E-state index contributed by atoms with van der Waals surface area (Å²) in [5, 5.41) is 6.28. The maximum atomic E-state index is 11.9. The van der Waals surface area contributed by atoms with Crippen LogP contribution in [0.25, 0.3) is 0 Å². The predicted molar refractivity (Wildman–Crippen MR) is 74.1 cm³/mol. The van der Waals surface area contributed by atoms with Crippen LogP contribution in [0.1, 0.15) is 43.3 Å². The summed E-state index contributed by atoms with van der Waals surface area (Å²) in [4.78, 5) is 18.3. The number of urea groups is 1. The second-order valence-corrected chi connectivity index (χ2v) is 6.08. The SMILES string of the molecule is Cc1csc(C2CCN(C(=O)NC(C)C)CC2)n1. The highest BCUT2D eigenvalue weighted by Crippen LogP contribution is 2.30. The second kappa shape index (κ2) is 5.69. The maximum absolute atomic E-state index is 11.9. The van der Waals surface area contributed by atoms with E-state index < -0.39 is 0 Å². The summed E-state index contributed by atoms with van der Waals surface area (Å²) in [7, 11) is 0. The molecule has 2 amide bonds. The van der Waals surface area contributed by atoms with Crippen molar-refractivity contribution in [2.75, 3.05) is 13.1 Å². The smallest absolute Gasteiger partial charge is 0.317 e. The number of carbonyl (C=O) groups is 1. The van der Waals surface area contributed by atoms with Crippen molar-refractivity contribution in [3.63, 3.8) is 0 Å². The number of nitrogens with zero attached hydrogens (tertiary/aromatic N) is 2. The van der Waals surface area contributed by atoms with Crippen LogP contribution in [0.4, 0.5) is 4.79 Å². The van der Waals surface area contributed by atoms with E-state index in [0.29, 0.717) is 5.92 Å². The molecule has 1 aromatic rings. The highest BCUT2D eigenvalue weighted by Gasteiger charge is 2.25. The first-order valence-corrected chi connectivity index (χ1v) is 7.41. The molecule has 0 spiro atoms. The number of piperidine rings is 1. The van der Waals surface area contributed by atoms with Gasteiger partial charge in [0.15, 0.2) is 0 Å². The van der Waals surface area contributed by atoms with Gasteiger partial charge in [0.2, 0.25) is 0 Å². The van der Waals surface area contributed by atoms with E-state index in [1.54, 1.807) is 11.3 Å². The summed E-state index contributed by atoms with van der Waals surface area (Å²) in [5.41, 5.74) is 1.11. The highest BCUT2D eigenvalue weighted by atomic mass is 32.1. The zero-order valence-corrected chi connectivity index (χ0v) is 12.1. The molecular formula is C13H21N3OS. The zero-order chi connectivity index (χ0) is 13.1. The van der Waals surface area contributed by atoms with E-state index in [0.717, 1.165) is 31.6 Å². The van der Waals surface area contributed by atoms with Gasteiger partial charge in [-0.05, 0) is 33.6 Å². The third kappa shape index (κ3) is 3.22. The molecule has 1 aromatic heterocycles. The van der Waals surface area contributed by atoms with Gasteiger partial charge in [-0.3, -0.25) is 0 Å². The first-order valence-electron chi connectivity index (χ1n) is 6.53. The van der Waals surface area contributed by atoms with Crippen LogP contribution in [0.2, 0.25) is 0 Å². The average molecular weight is 267 g/mol. The normalized spacial score (nSPS) is 17.2. The van der Waals surface area contributed by atoms with Crippen LogP contribution >= 0.6 is 11.3 Å². The summed E-state index contributed by atoms with van der Waals surface area (Å²) in [5.74, 6) is 0.534. The molecular weight excluding hydrogens is 246 g/mol. The molecule has 0 radical (unpaired) electrons. The van der Waals surface area contributed by atoms with Crippen molar-refractivity contribution in [2.24, 2.45) is 0 Å². The number of aromatic nitrogens is 1. The third-order valence-electron chi connectivity index (χ3n) is 3.18. The molecule has 4 nitrogen and oxygen atoms in total. The van der Waals surface area contributed by atoms with Gasteiger partial charge in [0, 0.05) is 36.1 Å². The number of hydrogen-bond donors (Lipinski definition) is 1. The van der Waals surface area contributed by atoms with Crippen molar-refractivity contribution in [1.82, 2.24) is 15.2 Å². The summed E-state index contributed by atoms with van der Waals surface area (Å²) in [6.45, 7) is 7.68. The molecule has 0 saturated carbocycles. The Labute approximate surface area is 112 Å². The molecule has 0 unspecified atom stereocenters. The monoisotopic (exact) mass is 267 g/mol. The molecule has 1 aliphatic rings. The Kier molecular flexibility index (Phi) is 4.22. The van der Waals surface area contributed by atoms with Crippen LogP contribution in [0.15, 0.2) is 5.38 Å². The molecule has 0 atom stereocenters. The summed E-state index contributed by atoms with van der Waals surface area (Å²) in [6, 6.07) is 0.274. The molecule has 2 rings (SSSR count). The van der Waals surface area contributed by atoms with Crippen molar-refractivity contribution >= 4 is 17.4 Å². The van der Waals surface area contributed by atoms with Crippen molar-refractivity contribution in [1.29, 1.82) is 0 Å². The van der Waals surface area contributed by atoms with E-state index in [9.17, 15) is 4.79 Å². The van der Waals surface area contributed by atoms with E-state index >= 15 is 0 Å². The van der Waals surface area contributed by atoms with Crippen LogP contribution in [-0.2, 0) is 0 Å². The van der Waals surface area contributed by atoms with Gasteiger partial charge in [-0.25, -0.2) is 9.78 Å². The zero-order valence-electron chi connectivity index (χ0n) is 11.3. The van der Waals surface area contributed by atoms with E-state index in [-0.39, 0.29) is 12.1 Å². The van der Waals surface area contributed by atoms with Crippen molar-refractivity contribution < 1.29 is 4.79 Å². The number of aryl methyl sites for hydroxylation is 1. The third-order valence-corrected chi connectivity index (χ3v) is 4.31. The minimum Gasteiger partial charge on any atom is -0.336 e. The molecule has 100 valence electrons. The summed E-state index contributed by atoms with van der Waals surface area (Å²) in [6.07, 6.45) is 2.05. The van der Waals surface area contributed by atoms with Gasteiger partial charge in [0.25, 0.3) is 0 Å². The lowest BCUT2D eigenvalue weighted by Crippen LogP contribution is -2.46. The van der Waals surface area contributed by atoms with Crippen molar-refractivity contribution in [3.05, 3.63) is 16.1 Å². The minimum atomic E-state index is 0.0683. The number of thiazole rings is 1. The lowest BCUT2D eigenvalue weighted by atomic mass is 9.98. The second-order valence-electron chi connectivity index (χ2n) is 5.19. The van der Waals surface area contributed by atoms with E-state index in [2.05, 4.69) is 15.7 Å². The van der Waals surface area contributed by atoms with Gasteiger partial charge in [0.05, 0.1) is 5.01 Å². The Morgan fingerprint density at radius 2 is 2.17 bits per heavy atom. The topological polar surface area (TPSA) is 45.2 Å². The molecule has 1 fully saturated rings. The van der Waals surface area contributed by atoms with Gasteiger partial charge in [0.1, 0.15) is 0 Å². The molecule has 0 aliphatic carbocycles. The van der Waals surface area contributed by atoms with E-state index in [1.807, 2.05) is 25.7 Å². The molecule has 18 heavy (non-hydrogen) atoms. The minimum absolute atomic E-state index is 0.0683. The number of rotatable bonds is 2. The van der Waals surface area contributed by atoms with Crippen molar-refractivity contribution in [3.8, 4) is 0 Å². The quantitative estimate of drug-likeness (QED) is 0.895. The fourth-order valence-corrected chi connectivity index (χ4v) is 3.20. The predicted octanol–water partition coefficient (Wildman–Crippen LogP) is 2.75. The Bertz CT molecular complexity index is 408. The molecule has 2 heterocycles. The standard InChI is InChI=1S/C13H21N3OS/c1-9(2)14-13(17)16-6-4-11(5-7-16)12-15-10(3)8-18-12/h8-9,11H,4-7H2,1-3H3,(H,14,17). The van der Waals surface area contributed by atoms with Crippen LogP contribution in [0, 0.1) is 6.92 Å². The van der Waals surface area contributed by atoms with Crippen LogP contribution in [0.5, 0.6) is 0 Å². The first-order chi connectivity index (χ1) is 8.56. The lowest BCUT2D eigenvalue weighted by molar-refractivity contribution is 0.179. The molecule has 1 aliphatic heterocycles. The lowest BCUT2D eigenvalue weighted by Gasteiger charge is -2.31. The number of carbonyl (C=O) groups excluding carboxylic acids is 1. The Morgan fingerprint density at radius 3 is 2.67 bits per heavy atom. The number of amides is 2. The first kappa shape index (κ1) is 13.3. The van der Waals surface area contributed by atoms with E-state index in [4.69, 9.17) is 0 Å². The summed E-state index contributed by atoms with van der Waals surface area (Å²) >= 11 is 1.75. The molecule has 1 N–H and O–H groups in total. The molecule has 0 aromatic carbocycles. The van der Waals surface area contributed by atoms with Crippen LogP contribution in [-0.4, -0.2) is 35.0 Å². The Morgan fingerprint density at radius 1 is 1.50 bits per heavy atom. The summed E-state index contributed by atoms with van der Waals surface area (Å²) < 4.78 is 0. The number of likely N-dealkylation sites (tertiary alicyclic amines) is 1. The van der Waals surface area contributed by atoms with Gasteiger partial charge >= 0.3 is 6.03 Å². The Hall–Kier alpha value is -1.10. The fourth-order valence-electron chi connectivity index (χ4n) is 2.23. The van der Waals surface area contributed by atoms with Gasteiger partial charge in [-0.2, -0.15) is 0 Å². The van der Waals surface area contributed by atoms with Crippen LogP contribution in [0.3, 0.4) is 0 Å². The molecule has 0 bridgehead atoms. The number of hydrogen-bond acceptors (Lipinski definition) is 3. The van der Waals surface area contributed by atoms with Gasteiger partial charge in [-0.1, -0.05) is 0 Å². The Balaban J connectivity index is 1.86. The van der Waals surface area contributed by atoms with Gasteiger partial charge < -0.3 is 10.2 Å². The molecule has 1 saturated heterocycles. The fraction of sp³-hybridized carbons (Fsp3) is 0.692. The highest BCUT2D eigenvalue weighted by molar-refractivity contribution is 7.09. The van der Waals surface area contributed by atoms with Crippen LogP contribution < -0.4 is 5.32 Å². The maximum Gasteiger partial charge on any atom is 0.317 e. The molecule has 5 heteroatoms. The van der Waals surface area contributed by atoms with Gasteiger partial charge in [-0.15, -0.1) is 11.3 Å². The largest absolute Gasteiger partial charge is 0.336 e. The van der Waals surface area contributed by atoms with Crippen molar-refractivity contribution in [2.45, 2.75) is 45.6 Å². The average Bonchev–Trinajstić information content (AvgIpc) is 2.75. The number of nitrogens with one attached hydrogen (secondary N) is 1.